The lowest BCUT2D eigenvalue weighted by Gasteiger charge is -2.45. The van der Waals surface area contributed by atoms with Crippen molar-refractivity contribution in [2.75, 3.05) is 33.1 Å². The molecule has 0 aromatic heterocycles. The summed E-state index contributed by atoms with van der Waals surface area (Å²) < 4.78 is 21.9. The molecule has 3 aliphatic rings. The van der Waals surface area contributed by atoms with E-state index in [2.05, 4.69) is 5.32 Å². The Morgan fingerprint density at radius 3 is 2.74 bits per heavy atom. The predicted molar refractivity (Wildman–Crippen MR) is 129 cm³/mol. The van der Waals surface area contributed by atoms with Crippen molar-refractivity contribution in [1.29, 1.82) is 0 Å². The van der Waals surface area contributed by atoms with Gasteiger partial charge in [0.25, 0.3) is 0 Å². The molecule has 1 saturated heterocycles. The number of ether oxygens (including phenoxy) is 4. The van der Waals surface area contributed by atoms with Crippen molar-refractivity contribution in [1.82, 2.24) is 10.2 Å². The SMILES string of the molecule is CCOC(=O)N1CCC2(CC1)N=C(c1ccc3c(c1)OCO3)C[C@H](c1cccc(OCC)c1O)N2. The predicted octanol–water partition coefficient (Wildman–Crippen LogP) is 3.99. The lowest BCUT2D eigenvalue weighted by molar-refractivity contribution is 0.0778. The smallest absolute Gasteiger partial charge is 0.409 e. The molecule has 1 atom stereocenters. The summed E-state index contributed by atoms with van der Waals surface area (Å²) in [5.74, 6) is 2.02. The van der Waals surface area contributed by atoms with E-state index < -0.39 is 5.66 Å². The quantitative estimate of drug-likeness (QED) is 0.666. The van der Waals surface area contributed by atoms with E-state index in [1.807, 2.05) is 37.3 Å². The van der Waals surface area contributed by atoms with Gasteiger partial charge >= 0.3 is 6.09 Å². The number of fused-ring (bicyclic) bond motifs is 1. The standard InChI is InChI=1S/C26H31N3O6/c1-3-32-22-7-5-6-18(24(22)30)20-15-19(17-8-9-21-23(14-17)35-16-34-21)27-26(28-20)10-12-29(13-11-26)25(31)33-4-2/h5-9,14,20,28,30H,3-4,10-13,15-16H2,1-2H3/t20-/m1/s1. The molecule has 0 unspecified atom stereocenters. The van der Waals surface area contributed by atoms with E-state index in [9.17, 15) is 9.90 Å². The van der Waals surface area contributed by atoms with Crippen LogP contribution in [0.3, 0.4) is 0 Å². The van der Waals surface area contributed by atoms with Gasteiger partial charge in [-0.15, -0.1) is 0 Å². The average Bonchev–Trinajstić information content (AvgIpc) is 3.34. The Hall–Kier alpha value is -3.46. The van der Waals surface area contributed by atoms with Crippen LogP contribution in [0.1, 0.15) is 50.3 Å². The molecule has 0 aliphatic carbocycles. The highest BCUT2D eigenvalue weighted by molar-refractivity contribution is 6.02. The highest BCUT2D eigenvalue weighted by atomic mass is 16.7. The van der Waals surface area contributed by atoms with Crippen LogP contribution in [0.25, 0.3) is 0 Å². The van der Waals surface area contributed by atoms with Crippen molar-refractivity contribution in [2.45, 2.75) is 44.8 Å². The summed E-state index contributed by atoms with van der Waals surface area (Å²) in [6.07, 6.45) is 1.54. The van der Waals surface area contributed by atoms with Crippen molar-refractivity contribution >= 4 is 11.8 Å². The van der Waals surface area contributed by atoms with Crippen LogP contribution in [0, 0.1) is 0 Å². The molecule has 9 nitrogen and oxygen atoms in total. The second-order valence-corrected chi connectivity index (χ2v) is 8.87. The Morgan fingerprint density at radius 1 is 1.17 bits per heavy atom. The Labute approximate surface area is 204 Å². The van der Waals surface area contributed by atoms with Gasteiger partial charge in [-0.05, 0) is 43.7 Å². The summed E-state index contributed by atoms with van der Waals surface area (Å²) in [7, 11) is 0. The molecule has 5 rings (SSSR count). The van der Waals surface area contributed by atoms with Gasteiger partial charge in [-0.3, -0.25) is 10.3 Å². The van der Waals surface area contributed by atoms with E-state index in [0.29, 0.717) is 57.1 Å². The van der Waals surface area contributed by atoms with Gasteiger partial charge in [0.2, 0.25) is 6.79 Å². The number of likely N-dealkylation sites (tertiary alicyclic amines) is 1. The van der Waals surface area contributed by atoms with E-state index in [1.165, 1.54) is 0 Å². The molecule has 3 heterocycles. The molecule has 1 spiro atoms. The zero-order chi connectivity index (χ0) is 24.4. The molecule has 2 aromatic carbocycles. The molecule has 9 heteroatoms. The summed E-state index contributed by atoms with van der Waals surface area (Å²) >= 11 is 0. The molecule has 1 amide bonds. The number of phenolic OH excluding ortho intramolecular Hbond substituents is 1. The van der Waals surface area contributed by atoms with Gasteiger partial charge < -0.3 is 29.0 Å². The van der Waals surface area contributed by atoms with Crippen LogP contribution in [0.15, 0.2) is 41.4 Å². The van der Waals surface area contributed by atoms with Crippen molar-refractivity contribution < 1.29 is 28.8 Å². The maximum Gasteiger partial charge on any atom is 0.409 e. The van der Waals surface area contributed by atoms with Crippen molar-refractivity contribution in [3.05, 3.63) is 47.5 Å². The third-order valence-corrected chi connectivity index (χ3v) is 6.72. The number of amides is 1. The second-order valence-electron chi connectivity index (χ2n) is 8.87. The minimum atomic E-state index is -0.578. The maximum atomic E-state index is 12.3. The van der Waals surface area contributed by atoms with Crippen LogP contribution in [-0.2, 0) is 4.74 Å². The highest BCUT2D eigenvalue weighted by Gasteiger charge is 2.42. The summed E-state index contributed by atoms with van der Waals surface area (Å²) in [6, 6.07) is 11.2. The van der Waals surface area contributed by atoms with Crippen LogP contribution in [-0.4, -0.2) is 60.6 Å². The molecule has 186 valence electrons. The molecular formula is C26H31N3O6. The molecule has 2 aromatic rings. The molecule has 0 radical (unpaired) electrons. The Bertz CT molecular complexity index is 1130. The zero-order valence-corrected chi connectivity index (χ0v) is 20.1. The number of nitrogens with one attached hydrogen (secondary N) is 1. The number of carbonyl (C=O) groups is 1. The van der Waals surface area contributed by atoms with Crippen LogP contribution in [0.5, 0.6) is 23.0 Å². The number of piperidine rings is 1. The van der Waals surface area contributed by atoms with Crippen molar-refractivity contribution in [3.63, 3.8) is 0 Å². The number of hydrogen-bond donors (Lipinski definition) is 2. The molecule has 0 bridgehead atoms. The zero-order valence-electron chi connectivity index (χ0n) is 20.1. The summed E-state index contributed by atoms with van der Waals surface area (Å²) in [5, 5.41) is 14.7. The van der Waals surface area contributed by atoms with E-state index in [1.54, 1.807) is 17.9 Å². The minimum Gasteiger partial charge on any atom is -0.504 e. The van der Waals surface area contributed by atoms with Crippen LogP contribution in [0.4, 0.5) is 4.79 Å². The number of hydrogen-bond acceptors (Lipinski definition) is 8. The van der Waals surface area contributed by atoms with E-state index >= 15 is 0 Å². The number of phenols is 1. The number of aliphatic imine (C=N–C) groups is 1. The number of carbonyl (C=O) groups excluding carboxylic acids is 1. The van der Waals surface area contributed by atoms with Gasteiger partial charge in [0.05, 0.1) is 13.2 Å². The van der Waals surface area contributed by atoms with Crippen LogP contribution >= 0.6 is 0 Å². The molecule has 1 fully saturated rings. The van der Waals surface area contributed by atoms with Gasteiger partial charge in [-0.1, -0.05) is 12.1 Å². The van der Waals surface area contributed by atoms with Crippen molar-refractivity contribution in [2.24, 2.45) is 4.99 Å². The third-order valence-electron chi connectivity index (χ3n) is 6.72. The number of rotatable bonds is 5. The van der Waals surface area contributed by atoms with Gasteiger partial charge in [-0.25, -0.2) is 4.79 Å². The lowest BCUT2D eigenvalue weighted by atomic mass is 9.87. The fourth-order valence-corrected chi connectivity index (χ4v) is 4.97. The lowest BCUT2D eigenvalue weighted by Crippen LogP contribution is -2.56. The second kappa shape index (κ2) is 9.65. The third kappa shape index (κ3) is 4.60. The highest BCUT2D eigenvalue weighted by Crippen LogP contribution is 2.41. The monoisotopic (exact) mass is 481 g/mol. The molecule has 35 heavy (non-hydrogen) atoms. The number of benzene rings is 2. The van der Waals surface area contributed by atoms with Crippen LogP contribution < -0.4 is 19.5 Å². The molecule has 2 N–H and O–H groups in total. The number of para-hydroxylation sites is 1. The van der Waals surface area contributed by atoms with E-state index in [4.69, 9.17) is 23.9 Å². The fraction of sp³-hybridized carbons (Fsp3) is 0.462. The van der Waals surface area contributed by atoms with Crippen LogP contribution in [0.2, 0.25) is 0 Å². The Morgan fingerprint density at radius 2 is 1.97 bits per heavy atom. The Balaban J connectivity index is 1.48. The minimum absolute atomic E-state index is 0.137. The molecule has 0 saturated carbocycles. The first kappa shape index (κ1) is 23.3. The van der Waals surface area contributed by atoms with Gasteiger partial charge in [0, 0.05) is 49.7 Å². The van der Waals surface area contributed by atoms with Gasteiger partial charge in [-0.2, -0.15) is 0 Å². The topological polar surface area (TPSA) is 102 Å². The van der Waals surface area contributed by atoms with E-state index in [0.717, 1.165) is 22.6 Å². The normalized spacial score (nSPS) is 20.5. The van der Waals surface area contributed by atoms with Gasteiger partial charge in [0.1, 0.15) is 5.66 Å². The number of nitrogens with zero attached hydrogens (tertiary/aromatic N) is 2. The summed E-state index contributed by atoms with van der Waals surface area (Å²) in [5.41, 5.74) is 2.05. The molecule has 3 aliphatic heterocycles. The molecular weight excluding hydrogens is 450 g/mol. The first-order chi connectivity index (χ1) is 17.0. The maximum absolute atomic E-state index is 12.3. The largest absolute Gasteiger partial charge is 0.504 e. The first-order valence-corrected chi connectivity index (χ1v) is 12.1. The fourth-order valence-electron chi connectivity index (χ4n) is 4.97. The summed E-state index contributed by atoms with van der Waals surface area (Å²) in [6.45, 7) is 5.78. The summed E-state index contributed by atoms with van der Waals surface area (Å²) in [4.78, 5) is 19.2. The van der Waals surface area contributed by atoms with Crippen molar-refractivity contribution in [3.8, 4) is 23.0 Å². The number of aromatic hydroxyl groups is 1. The van der Waals surface area contributed by atoms with Gasteiger partial charge in [0.15, 0.2) is 23.0 Å². The average molecular weight is 482 g/mol. The Kier molecular flexibility index (Phi) is 6.42. The van der Waals surface area contributed by atoms with E-state index in [-0.39, 0.29) is 24.7 Å². The first-order valence-electron chi connectivity index (χ1n) is 12.1.